The Labute approximate surface area is 197 Å². The van der Waals surface area contributed by atoms with Gasteiger partial charge in [0.2, 0.25) is 0 Å². The van der Waals surface area contributed by atoms with Gasteiger partial charge in [0.1, 0.15) is 4.88 Å². The van der Waals surface area contributed by atoms with Gasteiger partial charge in [-0.3, -0.25) is 0 Å². The normalized spacial score (nSPS) is 24.3. The Morgan fingerprint density at radius 3 is 2.41 bits per heavy atom. The average molecular weight is 480 g/mol. The minimum Gasteiger partial charge on any atom is -0.477 e. The van der Waals surface area contributed by atoms with E-state index >= 15 is 0 Å². The molecule has 2 aliphatic rings. The molecular weight excluding hydrogens is 441 g/mol. The number of nitrogens with zero attached hydrogens (tertiary/aromatic N) is 1. The molecule has 3 rings (SSSR count). The number of aromatic carboxylic acids is 1. The lowest BCUT2D eigenvalue weighted by atomic mass is 9.91. The quantitative estimate of drug-likeness (QED) is 0.369. The van der Waals surface area contributed by atoms with Gasteiger partial charge in [-0.2, -0.15) is 0 Å². The fourth-order valence-electron chi connectivity index (χ4n) is 4.60. The zero-order chi connectivity index (χ0) is 23.5. The summed E-state index contributed by atoms with van der Waals surface area (Å²) in [5.41, 5.74) is 0.537. The fourth-order valence-corrected chi connectivity index (χ4v) is 8.32. The predicted octanol–water partition coefficient (Wildman–Crippen LogP) is 6.56. The molecule has 5 nitrogen and oxygen atoms in total. The van der Waals surface area contributed by atoms with Crippen molar-refractivity contribution in [2.24, 2.45) is 17.3 Å². The number of hydrogen-bond acceptors (Lipinski definition) is 4. The molecule has 0 radical (unpaired) electrons. The molecule has 0 spiro atoms. The third kappa shape index (κ3) is 6.40. The molecule has 2 fully saturated rings. The Hall–Kier alpha value is -1.28. The molecule has 1 saturated heterocycles. The van der Waals surface area contributed by atoms with Crippen molar-refractivity contribution in [2.75, 3.05) is 31.1 Å². The molecule has 0 bridgehead atoms. The molecule has 1 unspecified atom stereocenters. The minimum atomic E-state index is -2.81. The highest BCUT2D eigenvalue weighted by Crippen LogP contribution is 2.59. The number of hydrogen-bond donors (Lipinski definition) is 1. The molecular formula is C25H38NO4PS. The Kier molecular flexibility index (Phi) is 8.18. The van der Waals surface area contributed by atoms with Crippen molar-refractivity contribution in [3.63, 3.8) is 0 Å². The van der Waals surface area contributed by atoms with Crippen LogP contribution >= 0.6 is 18.6 Å². The molecule has 1 aromatic rings. The van der Waals surface area contributed by atoms with E-state index in [-0.39, 0.29) is 16.0 Å². The third-order valence-corrected chi connectivity index (χ3v) is 10.9. The van der Waals surface area contributed by atoms with Crippen LogP contribution < -0.4 is 4.67 Å². The second-order valence-corrected chi connectivity index (χ2v) is 14.8. The van der Waals surface area contributed by atoms with Gasteiger partial charge in [-0.1, -0.05) is 18.8 Å². The molecule has 1 N–H and O–H groups in total. The van der Waals surface area contributed by atoms with Gasteiger partial charge in [0.05, 0.1) is 10.6 Å². The first-order valence-corrected chi connectivity index (χ1v) is 14.8. The van der Waals surface area contributed by atoms with Crippen LogP contribution in [0.25, 0.3) is 0 Å². The van der Waals surface area contributed by atoms with E-state index in [0.717, 1.165) is 43.4 Å². The molecule has 1 aliphatic carbocycles. The van der Waals surface area contributed by atoms with E-state index in [1.807, 2.05) is 38.2 Å². The lowest BCUT2D eigenvalue weighted by Gasteiger charge is -2.41. The Bertz CT molecular complexity index is 909. The number of rotatable bonds is 6. The summed E-state index contributed by atoms with van der Waals surface area (Å²) in [4.78, 5) is 13.2. The third-order valence-electron chi connectivity index (χ3n) is 6.66. The average Bonchev–Trinajstić information content (AvgIpc) is 3.15. The second-order valence-electron chi connectivity index (χ2n) is 10.6. The van der Waals surface area contributed by atoms with Crippen molar-refractivity contribution >= 4 is 30.3 Å². The first-order chi connectivity index (χ1) is 15.0. The molecule has 1 aliphatic heterocycles. The summed E-state index contributed by atoms with van der Waals surface area (Å²) >= 11 is 1.20. The lowest BCUT2D eigenvalue weighted by Crippen LogP contribution is -2.34. The van der Waals surface area contributed by atoms with Crippen LogP contribution in [0.5, 0.6) is 0 Å². The summed E-state index contributed by atoms with van der Waals surface area (Å²) in [5, 5.41) is 10.00. The van der Waals surface area contributed by atoms with E-state index in [9.17, 15) is 14.5 Å². The molecule has 178 valence electrons. The molecule has 1 aromatic heterocycles. The van der Waals surface area contributed by atoms with Crippen molar-refractivity contribution in [3.8, 4) is 11.8 Å². The van der Waals surface area contributed by atoms with Gasteiger partial charge in [-0.25, -0.2) is 4.79 Å². The maximum Gasteiger partial charge on any atom is 0.348 e. The maximum atomic E-state index is 14.4. The number of thiophene rings is 1. The van der Waals surface area contributed by atoms with Crippen molar-refractivity contribution in [3.05, 3.63) is 15.8 Å². The fraction of sp³-hybridized carbons (Fsp3) is 0.720. The first kappa shape index (κ1) is 25.3. The molecule has 32 heavy (non-hydrogen) atoms. The SMILES string of the molecule is CC1CCC(P(C)(=O)N(CC2CCOCC2)c2cc(C#CC(C)(C)C)sc2C(=O)O)CC1. The number of carbonyl (C=O) groups is 1. The van der Waals surface area contributed by atoms with E-state index in [2.05, 4.69) is 18.8 Å². The predicted molar refractivity (Wildman–Crippen MR) is 133 cm³/mol. The van der Waals surface area contributed by atoms with Crippen LogP contribution in [-0.4, -0.2) is 43.2 Å². The van der Waals surface area contributed by atoms with Crippen molar-refractivity contribution < 1.29 is 19.2 Å². The van der Waals surface area contributed by atoms with Crippen LogP contribution in [0, 0.1) is 29.1 Å². The smallest absolute Gasteiger partial charge is 0.348 e. The second kappa shape index (κ2) is 10.3. The van der Waals surface area contributed by atoms with Crippen LogP contribution in [-0.2, 0) is 9.30 Å². The highest BCUT2D eigenvalue weighted by molar-refractivity contribution is 7.65. The van der Waals surface area contributed by atoms with Crippen molar-refractivity contribution in [1.29, 1.82) is 0 Å². The topological polar surface area (TPSA) is 66.8 Å². The zero-order valence-corrected chi connectivity index (χ0v) is 21.9. The highest BCUT2D eigenvalue weighted by atomic mass is 32.1. The number of ether oxygens (including phenoxy) is 1. The Morgan fingerprint density at radius 1 is 1.22 bits per heavy atom. The van der Waals surface area contributed by atoms with Gasteiger partial charge >= 0.3 is 5.97 Å². The van der Waals surface area contributed by atoms with Crippen LogP contribution in [0.15, 0.2) is 6.07 Å². The minimum absolute atomic E-state index is 0.115. The van der Waals surface area contributed by atoms with E-state index in [4.69, 9.17) is 4.74 Å². The van der Waals surface area contributed by atoms with Crippen molar-refractivity contribution in [1.82, 2.24) is 0 Å². The number of carboxylic acid groups (broad SMARTS) is 1. The lowest BCUT2D eigenvalue weighted by molar-refractivity contribution is 0.0684. The monoisotopic (exact) mass is 479 g/mol. The Balaban J connectivity index is 2.01. The van der Waals surface area contributed by atoms with E-state index in [1.54, 1.807) is 0 Å². The molecule has 1 saturated carbocycles. The van der Waals surface area contributed by atoms with Gasteiger partial charge in [0.15, 0.2) is 7.29 Å². The largest absolute Gasteiger partial charge is 0.477 e. The standard InChI is InChI=1S/C25H38NO4PS/c1-18-6-8-20(9-7-18)31(5,29)26(17-19-11-14-30-15-12-19)22-16-21(10-13-25(2,3)4)32-23(22)24(27)28/h16,18-20H,6-9,11-12,14-15,17H2,1-5H3,(H,27,28). The summed E-state index contributed by atoms with van der Waals surface area (Å²) in [5.74, 6) is 6.43. The van der Waals surface area contributed by atoms with Crippen LogP contribution in [0.2, 0.25) is 0 Å². The van der Waals surface area contributed by atoms with Gasteiger partial charge in [0.25, 0.3) is 0 Å². The van der Waals surface area contributed by atoms with Crippen LogP contribution in [0.4, 0.5) is 5.69 Å². The highest BCUT2D eigenvalue weighted by Gasteiger charge is 2.39. The first-order valence-electron chi connectivity index (χ1n) is 11.8. The molecule has 2 heterocycles. The summed E-state index contributed by atoms with van der Waals surface area (Å²) in [6.07, 6.45) is 5.91. The summed E-state index contributed by atoms with van der Waals surface area (Å²) in [6, 6.07) is 1.87. The van der Waals surface area contributed by atoms with Gasteiger partial charge in [-0.15, -0.1) is 11.3 Å². The zero-order valence-electron chi connectivity index (χ0n) is 20.1. The van der Waals surface area contributed by atoms with E-state index < -0.39 is 13.3 Å². The maximum absolute atomic E-state index is 14.4. The molecule has 0 amide bonds. The molecule has 0 aromatic carbocycles. The Morgan fingerprint density at radius 2 is 1.84 bits per heavy atom. The van der Waals surface area contributed by atoms with E-state index in [0.29, 0.717) is 37.3 Å². The van der Waals surface area contributed by atoms with Crippen molar-refractivity contribution in [2.45, 2.75) is 71.9 Å². The van der Waals surface area contributed by atoms with E-state index in [1.165, 1.54) is 11.3 Å². The summed E-state index contributed by atoms with van der Waals surface area (Å²) in [6.45, 7) is 12.3. The number of carboxylic acids is 1. The van der Waals surface area contributed by atoms with Gasteiger partial charge in [-0.05, 0) is 77.2 Å². The summed E-state index contributed by atoms with van der Waals surface area (Å²) < 4.78 is 21.9. The van der Waals surface area contributed by atoms with Crippen LogP contribution in [0.1, 0.15) is 80.8 Å². The molecule has 1 atom stereocenters. The number of anilines is 1. The van der Waals surface area contributed by atoms with Gasteiger partial charge < -0.3 is 19.1 Å². The van der Waals surface area contributed by atoms with Gasteiger partial charge in [0, 0.05) is 37.5 Å². The summed E-state index contributed by atoms with van der Waals surface area (Å²) in [7, 11) is -2.81. The molecule has 7 heteroatoms. The van der Waals surface area contributed by atoms with Crippen LogP contribution in [0.3, 0.4) is 0 Å².